The van der Waals surface area contributed by atoms with Crippen LogP contribution >= 0.6 is 15.9 Å². The Hall–Kier alpha value is -1.55. The quantitative estimate of drug-likeness (QED) is 0.856. The van der Waals surface area contributed by atoms with Gasteiger partial charge in [0.15, 0.2) is 0 Å². The van der Waals surface area contributed by atoms with Gasteiger partial charge in [-0.2, -0.15) is 0 Å². The average molecular weight is 293 g/mol. The number of hydrogen-bond donors (Lipinski definition) is 1. The van der Waals surface area contributed by atoms with Gasteiger partial charge < -0.3 is 10.5 Å². The molecule has 0 bridgehead atoms. The van der Waals surface area contributed by atoms with E-state index in [0.717, 1.165) is 21.3 Å². The van der Waals surface area contributed by atoms with Crippen LogP contribution < -0.4 is 10.5 Å². The summed E-state index contributed by atoms with van der Waals surface area (Å²) in [6, 6.07) is 7.55. The van der Waals surface area contributed by atoms with E-state index in [-0.39, 0.29) is 0 Å². The Balaban J connectivity index is 2.34. The monoisotopic (exact) mass is 292 g/mol. The van der Waals surface area contributed by atoms with Crippen molar-refractivity contribution in [3.8, 4) is 11.6 Å². The number of aryl methyl sites for hydroxylation is 2. The summed E-state index contributed by atoms with van der Waals surface area (Å²) in [6.45, 7) is 3.93. The van der Waals surface area contributed by atoms with Crippen LogP contribution in [0.3, 0.4) is 0 Å². The van der Waals surface area contributed by atoms with Crippen LogP contribution in [0, 0.1) is 13.8 Å². The zero-order valence-electron chi connectivity index (χ0n) is 9.70. The molecule has 0 aliphatic heterocycles. The number of pyridine rings is 1. The molecule has 88 valence electrons. The average Bonchev–Trinajstić information content (AvgIpc) is 2.27. The van der Waals surface area contributed by atoms with E-state index in [1.54, 1.807) is 12.3 Å². The van der Waals surface area contributed by atoms with Crippen LogP contribution in [0.15, 0.2) is 34.9 Å². The SMILES string of the molecule is Cc1ccc(N)cc1Oc1ncc(Br)cc1C. The molecule has 2 rings (SSSR count). The summed E-state index contributed by atoms with van der Waals surface area (Å²) in [5.74, 6) is 1.34. The number of rotatable bonds is 2. The zero-order valence-corrected chi connectivity index (χ0v) is 11.3. The lowest BCUT2D eigenvalue weighted by atomic mass is 10.2. The van der Waals surface area contributed by atoms with Gasteiger partial charge in [0.25, 0.3) is 0 Å². The number of hydrogen-bond acceptors (Lipinski definition) is 3. The first kappa shape index (κ1) is 11.9. The van der Waals surface area contributed by atoms with E-state index in [1.165, 1.54) is 0 Å². The second kappa shape index (κ2) is 4.75. The van der Waals surface area contributed by atoms with Crippen molar-refractivity contribution in [1.29, 1.82) is 0 Å². The molecule has 0 amide bonds. The number of anilines is 1. The minimum Gasteiger partial charge on any atom is -0.438 e. The molecule has 2 aromatic rings. The largest absolute Gasteiger partial charge is 0.438 e. The lowest BCUT2D eigenvalue weighted by Crippen LogP contribution is -1.94. The predicted octanol–water partition coefficient (Wildman–Crippen LogP) is 3.84. The summed E-state index contributed by atoms with van der Waals surface area (Å²) in [6.07, 6.45) is 1.71. The van der Waals surface area contributed by atoms with Crippen molar-refractivity contribution in [2.45, 2.75) is 13.8 Å². The van der Waals surface area contributed by atoms with E-state index in [9.17, 15) is 0 Å². The Morgan fingerprint density at radius 2 is 1.94 bits per heavy atom. The topological polar surface area (TPSA) is 48.1 Å². The van der Waals surface area contributed by atoms with Crippen LogP contribution in [0.2, 0.25) is 0 Å². The third-order valence-electron chi connectivity index (χ3n) is 2.42. The van der Waals surface area contributed by atoms with Gasteiger partial charge in [0, 0.05) is 28.0 Å². The summed E-state index contributed by atoms with van der Waals surface area (Å²) in [5, 5.41) is 0. The molecule has 1 heterocycles. The summed E-state index contributed by atoms with van der Waals surface area (Å²) in [4.78, 5) is 4.23. The molecule has 0 aliphatic rings. The third-order valence-corrected chi connectivity index (χ3v) is 2.85. The summed E-state index contributed by atoms with van der Waals surface area (Å²) >= 11 is 3.37. The maximum Gasteiger partial charge on any atom is 0.222 e. The molecule has 0 saturated carbocycles. The third kappa shape index (κ3) is 2.77. The number of nitrogens with zero attached hydrogens (tertiary/aromatic N) is 1. The Morgan fingerprint density at radius 1 is 1.18 bits per heavy atom. The van der Waals surface area contributed by atoms with Crippen LogP contribution in [-0.4, -0.2) is 4.98 Å². The molecule has 0 radical (unpaired) electrons. The van der Waals surface area contributed by atoms with Gasteiger partial charge in [0.2, 0.25) is 5.88 Å². The fraction of sp³-hybridized carbons (Fsp3) is 0.154. The van der Waals surface area contributed by atoms with E-state index < -0.39 is 0 Å². The fourth-order valence-corrected chi connectivity index (χ4v) is 1.91. The molecule has 0 saturated heterocycles. The standard InChI is InChI=1S/C13H13BrN2O/c1-8-3-4-11(15)6-12(8)17-13-9(2)5-10(14)7-16-13/h3-7H,15H2,1-2H3. The molecule has 1 aromatic heterocycles. The molecular formula is C13H13BrN2O. The highest BCUT2D eigenvalue weighted by Crippen LogP contribution is 2.28. The van der Waals surface area contributed by atoms with Crippen molar-refractivity contribution in [1.82, 2.24) is 4.98 Å². The van der Waals surface area contributed by atoms with Crippen LogP contribution in [0.1, 0.15) is 11.1 Å². The highest BCUT2D eigenvalue weighted by molar-refractivity contribution is 9.10. The maximum atomic E-state index is 5.76. The van der Waals surface area contributed by atoms with E-state index in [4.69, 9.17) is 10.5 Å². The first-order valence-electron chi connectivity index (χ1n) is 5.22. The van der Waals surface area contributed by atoms with Gasteiger partial charge in [-0.1, -0.05) is 6.07 Å². The number of nitrogen functional groups attached to an aromatic ring is 1. The number of halogens is 1. The lowest BCUT2D eigenvalue weighted by molar-refractivity contribution is 0.455. The van der Waals surface area contributed by atoms with Gasteiger partial charge in [-0.25, -0.2) is 4.98 Å². The smallest absolute Gasteiger partial charge is 0.222 e. The van der Waals surface area contributed by atoms with Gasteiger partial charge in [0.05, 0.1) is 0 Å². The first-order valence-corrected chi connectivity index (χ1v) is 6.01. The van der Waals surface area contributed by atoms with Crippen LogP contribution in [0.25, 0.3) is 0 Å². The molecule has 4 heteroatoms. The number of benzene rings is 1. The van der Waals surface area contributed by atoms with Crippen molar-refractivity contribution >= 4 is 21.6 Å². The molecule has 3 nitrogen and oxygen atoms in total. The van der Waals surface area contributed by atoms with Gasteiger partial charge in [-0.05, 0) is 47.5 Å². The number of aromatic nitrogens is 1. The van der Waals surface area contributed by atoms with Gasteiger partial charge in [-0.3, -0.25) is 0 Å². The van der Waals surface area contributed by atoms with Crippen LogP contribution in [-0.2, 0) is 0 Å². The molecule has 0 aliphatic carbocycles. The fourth-order valence-electron chi connectivity index (χ4n) is 1.47. The van der Waals surface area contributed by atoms with Gasteiger partial charge in [0.1, 0.15) is 5.75 Å². The Kier molecular flexibility index (Phi) is 3.33. The molecule has 17 heavy (non-hydrogen) atoms. The highest BCUT2D eigenvalue weighted by Gasteiger charge is 2.06. The van der Waals surface area contributed by atoms with Crippen molar-refractivity contribution < 1.29 is 4.74 Å². The van der Waals surface area contributed by atoms with Gasteiger partial charge >= 0.3 is 0 Å². The number of nitrogens with two attached hydrogens (primary N) is 1. The summed E-state index contributed by atoms with van der Waals surface area (Å²) < 4.78 is 6.70. The first-order chi connectivity index (χ1) is 8.06. The Bertz CT molecular complexity index is 555. The van der Waals surface area contributed by atoms with Gasteiger partial charge in [-0.15, -0.1) is 0 Å². The van der Waals surface area contributed by atoms with Crippen molar-refractivity contribution in [2.75, 3.05) is 5.73 Å². The van der Waals surface area contributed by atoms with Crippen LogP contribution in [0.4, 0.5) is 5.69 Å². The second-order valence-corrected chi connectivity index (χ2v) is 4.82. The van der Waals surface area contributed by atoms with E-state index in [1.807, 2.05) is 32.0 Å². The summed E-state index contributed by atoms with van der Waals surface area (Å²) in [5.41, 5.74) is 8.42. The Labute approximate surface area is 109 Å². The molecule has 0 spiro atoms. The van der Waals surface area contributed by atoms with E-state index in [0.29, 0.717) is 11.6 Å². The zero-order chi connectivity index (χ0) is 12.4. The van der Waals surface area contributed by atoms with E-state index >= 15 is 0 Å². The van der Waals surface area contributed by atoms with Crippen molar-refractivity contribution in [3.63, 3.8) is 0 Å². The molecular weight excluding hydrogens is 280 g/mol. The minimum absolute atomic E-state index is 0.599. The molecule has 0 fully saturated rings. The lowest BCUT2D eigenvalue weighted by Gasteiger charge is -2.10. The van der Waals surface area contributed by atoms with E-state index in [2.05, 4.69) is 20.9 Å². The molecule has 2 N–H and O–H groups in total. The van der Waals surface area contributed by atoms with Crippen molar-refractivity contribution in [2.24, 2.45) is 0 Å². The summed E-state index contributed by atoms with van der Waals surface area (Å²) in [7, 11) is 0. The highest BCUT2D eigenvalue weighted by atomic mass is 79.9. The Morgan fingerprint density at radius 3 is 2.65 bits per heavy atom. The molecule has 0 atom stereocenters. The molecule has 0 unspecified atom stereocenters. The normalized spacial score (nSPS) is 10.3. The van der Waals surface area contributed by atoms with Crippen LogP contribution in [0.5, 0.6) is 11.6 Å². The van der Waals surface area contributed by atoms with Crippen molar-refractivity contribution in [3.05, 3.63) is 46.1 Å². The number of ether oxygens (including phenoxy) is 1. The minimum atomic E-state index is 0.599. The molecule has 1 aromatic carbocycles. The predicted molar refractivity (Wildman–Crippen MR) is 72.3 cm³/mol. The second-order valence-electron chi connectivity index (χ2n) is 3.90. The maximum absolute atomic E-state index is 5.76.